The zero-order valence-corrected chi connectivity index (χ0v) is 9.32. The zero-order valence-electron chi connectivity index (χ0n) is 7.69. The van der Waals surface area contributed by atoms with Crippen molar-refractivity contribution < 1.29 is 31.1 Å². The minimum absolute atomic E-state index is 0.243. The lowest BCUT2D eigenvalue weighted by Crippen LogP contribution is -2.34. The Kier molecular flexibility index (Phi) is 8.60. The highest BCUT2D eigenvalue weighted by Crippen LogP contribution is 1.88. The number of nitrogens with zero attached hydrogens (tertiary/aromatic N) is 1. The quantitative estimate of drug-likeness (QED) is 0.387. The van der Waals surface area contributed by atoms with Crippen LogP contribution in [0.15, 0.2) is 0 Å². The Labute approximate surface area is 89.2 Å². The molecule has 15 heavy (non-hydrogen) atoms. The third-order valence-electron chi connectivity index (χ3n) is 0.896. The summed E-state index contributed by atoms with van der Waals surface area (Å²) in [5.41, 5.74) is 4.75. The predicted molar refractivity (Wildman–Crippen MR) is 49.5 cm³/mol. The number of likely N-dealkylation sites (N-methyl/N-ethyl adjacent to an activating group) is 1. The van der Waals surface area contributed by atoms with Crippen molar-refractivity contribution in [1.82, 2.24) is 4.31 Å². The molecule has 1 unspecified atom stereocenters. The van der Waals surface area contributed by atoms with Crippen LogP contribution in [0.1, 0.15) is 6.92 Å². The van der Waals surface area contributed by atoms with Crippen molar-refractivity contribution in [1.29, 1.82) is 0 Å². The van der Waals surface area contributed by atoms with Gasteiger partial charge in [-0.1, -0.05) is 6.92 Å². The molecule has 1 atom stereocenters. The van der Waals surface area contributed by atoms with Crippen LogP contribution >= 0.6 is 0 Å². The largest absolute Gasteiger partial charge is 0.760 e. The molecule has 4 N–H and O–H groups in total. The summed E-state index contributed by atoms with van der Waals surface area (Å²) in [6, 6.07) is 0. The molecule has 0 spiro atoms. The maximum absolute atomic E-state index is 10.2. The first-order valence-corrected chi connectivity index (χ1v) is 5.83. The van der Waals surface area contributed by atoms with E-state index in [0.717, 1.165) is 4.31 Å². The number of primary amides is 1. The number of nitrogens with two attached hydrogens (primary N) is 1. The van der Waals surface area contributed by atoms with Gasteiger partial charge in [0.15, 0.2) is 0 Å². The summed E-state index contributed by atoms with van der Waals surface area (Å²) in [5.74, 6) is -0.647. The van der Waals surface area contributed by atoms with E-state index in [0.29, 0.717) is 0 Å². The van der Waals surface area contributed by atoms with E-state index in [9.17, 15) is 13.6 Å². The Morgan fingerprint density at radius 1 is 1.53 bits per heavy atom. The van der Waals surface area contributed by atoms with E-state index in [2.05, 4.69) is 0 Å². The summed E-state index contributed by atoms with van der Waals surface area (Å²) < 4.78 is 52.9. The fourth-order valence-electron chi connectivity index (χ4n) is 0.444. The van der Waals surface area contributed by atoms with E-state index in [1.165, 1.54) is 0 Å². The summed E-state index contributed by atoms with van der Waals surface area (Å²) >= 11 is -2.34. The second-order valence-electron chi connectivity index (χ2n) is 2.09. The van der Waals surface area contributed by atoms with Gasteiger partial charge in [-0.25, -0.2) is 4.31 Å². The lowest BCUT2D eigenvalue weighted by Gasteiger charge is -2.19. The van der Waals surface area contributed by atoms with Gasteiger partial charge in [-0.05, 0) is 0 Å². The fraction of sp³-hybridized carbons (Fsp3) is 0.750. The third-order valence-corrected chi connectivity index (χ3v) is 1.70. The first-order valence-electron chi connectivity index (χ1n) is 3.40. The number of carbonyl (C=O) groups excluding carboxylic acids is 1. The molecule has 0 saturated carbocycles. The number of carbonyl (C=O) groups is 1. The molecule has 0 heterocycles. The summed E-state index contributed by atoms with van der Waals surface area (Å²) in [6.07, 6.45) is 0. The van der Waals surface area contributed by atoms with Crippen LogP contribution in [-0.4, -0.2) is 49.6 Å². The SMILES string of the molecule is CCN(CC(N)=O)S(=O)[O-].O=S(=O)(O)O. The molecule has 0 aliphatic rings. The second-order valence-corrected chi connectivity index (χ2v) is 3.93. The average Bonchev–Trinajstić information content (AvgIpc) is 1.95. The molecule has 0 radical (unpaired) electrons. The van der Waals surface area contributed by atoms with Crippen molar-refractivity contribution >= 4 is 27.6 Å². The van der Waals surface area contributed by atoms with Crippen molar-refractivity contribution in [3.63, 3.8) is 0 Å². The minimum atomic E-state index is -4.67. The summed E-state index contributed by atoms with van der Waals surface area (Å²) in [4.78, 5) is 10.2. The molecule has 0 aliphatic heterocycles. The Morgan fingerprint density at radius 3 is 1.93 bits per heavy atom. The second kappa shape index (κ2) is 7.67. The molecule has 0 saturated heterocycles. The van der Waals surface area contributed by atoms with Gasteiger partial charge in [0.1, 0.15) is 0 Å². The molecule has 0 aromatic heterocycles. The molecule has 0 aromatic carbocycles. The maximum atomic E-state index is 10.2. The molecule has 1 amide bonds. The van der Waals surface area contributed by atoms with Gasteiger partial charge in [0.05, 0.1) is 6.54 Å². The molecular formula is C4H11N2O7S2-. The number of rotatable bonds is 4. The summed E-state index contributed by atoms with van der Waals surface area (Å²) in [6.45, 7) is 1.64. The van der Waals surface area contributed by atoms with Gasteiger partial charge in [-0.2, -0.15) is 8.42 Å². The van der Waals surface area contributed by atoms with E-state index >= 15 is 0 Å². The van der Waals surface area contributed by atoms with Crippen LogP contribution in [0.3, 0.4) is 0 Å². The van der Waals surface area contributed by atoms with Crippen molar-refractivity contribution in [3.8, 4) is 0 Å². The van der Waals surface area contributed by atoms with E-state index in [1.807, 2.05) is 0 Å². The lowest BCUT2D eigenvalue weighted by molar-refractivity contribution is -0.118. The molecule has 92 valence electrons. The Bertz CT molecular complexity index is 305. The van der Waals surface area contributed by atoms with Gasteiger partial charge in [0.2, 0.25) is 5.91 Å². The number of hydrogen-bond donors (Lipinski definition) is 3. The van der Waals surface area contributed by atoms with E-state index in [-0.39, 0.29) is 13.1 Å². The first-order chi connectivity index (χ1) is 6.57. The van der Waals surface area contributed by atoms with Crippen molar-refractivity contribution in [3.05, 3.63) is 0 Å². The average molecular weight is 263 g/mol. The van der Waals surface area contributed by atoms with Gasteiger partial charge < -0.3 is 10.3 Å². The van der Waals surface area contributed by atoms with Crippen LogP contribution in [0.5, 0.6) is 0 Å². The Hall–Kier alpha value is -0.590. The van der Waals surface area contributed by atoms with E-state index in [1.54, 1.807) is 6.92 Å². The normalized spacial score (nSPS) is 12.9. The van der Waals surface area contributed by atoms with Gasteiger partial charge in [-0.3, -0.25) is 18.1 Å². The van der Waals surface area contributed by atoms with Crippen LogP contribution < -0.4 is 5.73 Å². The Balaban J connectivity index is 0. The van der Waals surface area contributed by atoms with Gasteiger partial charge in [-0.15, -0.1) is 0 Å². The summed E-state index contributed by atoms with van der Waals surface area (Å²) in [7, 11) is -4.67. The minimum Gasteiger partial charge on any atom is -0.760 e. The van der Waals surface area contributed by atoms with E-state index in [4.69, 9.17) is 23.3 Å². The van der Waals surface area contributed by atoms with Crippen molar-refractivity contribution in [2.24, 2.45) is 5.73 Å². The van der Waals surface area contributed by atoms with Crippen molar-refractivity contribution in [2.75, 3.05) is 13.1 Å². The fourth-order valence-corrected chi connectivity index (χ4v) is 0.887. The molecule has 11 heteroatoms. The van der Waals surface area contributed by atoms with Crippen LogP contribution in [-0.2, 0) is 26.5 Å². The van der Waals surface area contributed by atoms with Crippen LogP contribution in [0.2, 0.25) is 0 Å². The molecule has 0 rings (SSSR count). The van der Waals surface area contributed by atoms with Crippen LogP contribution in [0, 0.1) is 0 Å². The highest BCUT2D eigenvalue weighted by molar-refractivity contribution is 7.79. The molecule has 0 bridgehead atoms. The van der Waals surface area contributed by atoms with Gasteiger partial charge in [0, 0.05) is 17.8 Å². The highest BCUT2D eigenvalue weighted by Gasteiger charge is 2.04. The molecular weight excluding hydrogens is 252 g/mol. The third kappa shape index (κ3) is 19.7. The zero-order chi connectivity index (χ0) is 12.6. The lowest BCUT2D eigenvalue weighted by atomic mass is 10.6. The number of hydrogen-bond acceptors (Lipinski definition) is 5. The maximum Gasteiger partial charge on any atom is 0.394 e. The van der Waals surface area contributed by atoms with Crippen LogP contribution in [0.4, 0.5) is 0 Å². The molecule has 0 aliphatic carbocycles. The predicted octanol–water partition coefficient (Wildman–Crippen LogP) is -2.07. The highest BCUT2D eigenvalue weighted by atomic mass is 32.3. The number of amides is 1. The molecule has 9 nitrogen and oxygen atoms in total. The van der Waals surface area contributed by atoms with Crippen LogP contribution in [0.25, 0.3) is 0 Å². The monoisotopic (exact) mass is 263 g/mol. The smallest absolute Gasteiger partial charge is 0.394 e. The van der Waals surface area contributed by atoms with E-state index < -0.39 is 27.6 Å². The summed E-state index contributed by atoms with van der Waals surface area (Å²) in [5, 5.41) is 0. The van der Waals surface area contributed by atoms with Gasteiger partial charge >= 0.3 is 10.4 Å². The molecule has 0 fully saturated rings. The topological polar surface area (TPSA) is 161 Å². The first kappa shape index (κ1) is 16.8. The molecule has 0 aromatic rings. The standard InChI is InChI=1S/C4H10N2O3S.H2O4S/c1-2-6(10(8)9)3-4(5)7;1-5(2,3)4/h2-3H2,1H3,(H2,5,7)(H,8,9);(H2,1,2,3,4)/p-1. The van der Waals surface area contributed by atoms with Gasteiger partial charge in [0.25, 0.3) is 0 Å². The van der Waals surface area contributed by atoms with Crippen molar-refractivity contribution in [2.45, 2.75) is 6.92 Å². The Morgan fingerprint density at radius 2 is 1.87 bits per heavy atom.